The molecule has 102 valence electrons. The van der Waals surface area contributed by atoms with Gasteiger partial charge < -0.3 is 15.0 Å². The van der Waals surface area contributed by atoms with E-state index in [4.69, 9.17) is 4.74 Å². The highest BCUT2D eigenvalue weighted by Gasteiger charge is 2.24. The van der Waals surface area contributed by atoms with Crippen LogP contribution < -0.4 is 5.32 Å². The lowest BCUT2D eigenvalue weighted by molar-refractivity contribution is -0.143. The van der Waals surface area contributed by atoms with Crippen LogP contribution in [-0.2, 0) is 9.53 Å². The lowest BCUT2D eigenvalue weighted by atomic mass is 10.0. The standard InChI is InChI=1S/C13H28N2O2/c1-7-8-9-11(12(16)17-6)14-10-13(2,3)15(4)5/h11,14H,7-10H2,1-6H3. The van der Waals surface area contributed by atoms with Gasteiger partial charge in [0.2, 0.25) is 0 Å². The summed E-state index contributed by atoms with van der Waals surface area (Å²) in [6, 6.07) is -0.181. The fourth-order valence-corrected chi connectivity index (χ4v) is 1.38. The van der Waals surface area contributed by atoms with Gasteiger partial charge in [-0.3, -0.25) is 4.79 Å². The molecule has 4 heteroatoms. The molecule has 1 unspecified atom stereocenters. The monoisotopic (exact) mass is 244 g/mol. The zero-order valence-electron chi connectivity index (χ0n) is 12.2. The van der Waals surface area contributed by atoms with Gasteiger partial charge in [0.25, 0.3) is 0 Å². The van der Waals surface area contributed by atoms with Crippen LogP contribution in [0.25, 0.3) is 0 Å². The van der Waals surface area contributed by atoms with Gasteiger partial charge in [-0.25, -0.2) is 0 Å². The van der Waals surface area contributed by atoms with E-state index in [1.807, 2.05) is 14.1 Å². The van der Waals surface area contributed by atoms with Crippen LogP contribution in [-0.4, -0.2) is 50.2 Å². The number of likely N-dealkylation sites (N-methyl/N-ethyl adjacent to an activating group) is 1. The van der Waals surface area contributed by atoms with Crippen molar-refractivity contribution in [3.05, 3.63) is 0 Å². The van der Waals surface area contributed by atoms with E-state index < -0.39 is 0 Å². The molecule has 0 aliphatic carbocycles. The van der Waals surface area contributed by atoms with Crippen molar-refractivity contribution in [2.45, 2.75) is 51.6 Å². The normalized spacial score (nSPS) is 13.8. The molecule has 17 heavy (non-hydrogen) atoms. The van der Waals surface area contributed by atoms with Crippen molar-refractivity contribution in [2.24, 2.45) is 0 Å². The predicted octanol–water partition coefficient (Wildman–Crippen LogP) is 1.65. The lowest BCUT2D eigenvalue weighted by Gasteiger charge is -2.34. The zero-order chi connectivity index (χ0) is 13.5. The molecule has 0 heterocycles. The third kappa shape index (κ3) is 6.03. The molecule has 0 rings (SSSR count). The first kappa shape index (κ1) is 16.4. The van der Waals surface area contributed by atoms with Crippen molar-refractivity contribution < 1.29 is 9.53 Å². The minimum Gasteiger partial charge on any atom is -0.468 e. The maximum atomic E-state index is 11.6. The van der Waals surface area contributed by atoms with E-state index in [1.165, 1.54) is 7.11 Å². The highest BCUT2D eigenvalue weighted by atomic mass is 16.5. The molecule has 0 spiro atoms. The molecule has 1 N–H and O–H groups in total. The summed E-state index contributed by atoms with van der Waals surface area (Å²) in [5, 5.41) is 3.31. The molecule has 0 amide bonds. The molecule has 0 saturated heterocycles. The number of carbonyl (C=O) groups is 1. The molecule has 0 aromatic heterocycles. The second-order valence-corrected chi connectivity index (χ2v) is 5.31. The van der Waals surface area contributed by atoms with Crippen LogP contribution in [0, 0.1) is 0 Å². The van der Waals surface area contributed by atoms with Crippen LogP contribution in [0.3, 0.4) is 0 Å². The number of methoxy groups -OCH3 is 1. The summed E-state index contributed by atoms with van der Waals surface area (Å²) in [6.07, 6.45) is 2.97. The van der Waals surface area contributed by atoms with E-state index >= 15 is 0 Å². The fourth-order valence-electron chi connectivity index (χ4n) is 1.38. The molecule has 0 aliphatic rings. The molecule has 0 radical (unpaired) electrons. The number of hydrogen-bond acceptors (Lipinski definition) is 4. The number of nitrogens with zero attached hydrogens (tertiary/aromatic N) is 1. The molecule has 0 aromatic rings. The summed E-state index contributed by atoms with van der Waals surface area (Å²) in [4.78, 5) is 13.8. The van der Waals surface area contributed by atoms with Crippen molar-refractivity contribution in [1.29, 1.82) is 0 Å². The van der Waals surface area contributed by atoms with Crippen LogP contribution in [0.4, 0.5) is 0 Å². The zero-order valence-corrected chi connectivity index (χ0v) is 12.2. The Hall–Kier alpha value is -0.610. The molecular formula is C13H28N2O2. The molecule has 0 bridgehead atoms. The first-order chi connectivity index (χ1) is 7.85. The Bertz CT molecular complexity index is 227. The van der Waals surface area contributed by atoms with E-state index in [2.05, 4.69) is 31.0 Å². The Morgan fingerprint density at radius 1 is 1.41 bits per heavy atom. The van der Waals surface area contributed by atoms with Crippen molar-refractivity contribution >= 4 is 5.97 Å². The summed E-state index contributed by atoms with van der Waals surface area (Å²) in [5.74, 6) is -0.159. The first-order valence-electron chi connectivity index (χ1n) is 6.33. The third-order valence-corrected chi connectivity index (χ3v) is 3.32. The van der Waals surface area contributed by atoms with Crippen molar-refractivity contribution in [3.63, 3.8) is 0 Å². The van der Waals surface area contributed by atoms with E-state index in [1.54, 1.807) is 0 Å². The lowest BCUT2D eigenvalue weighted by Crippen LogP contribution is -2.51. The molecule has 0 saturated carbocycles. The Kier molecular flexibility index (Phi) is 7.39. The summed E-state index contributed by atoms with van der Waals surface area (Å²) in [6.45, 7) is 7.18. The molecular weight excluding hydrogens is 216 g/mol. The van der Waals surface area contributed by atoms with Crippen LogP contribution >= 0.6 is 0 Å². The van der Waals surface area contributed by atoms with Crippen molar-refractivity contribution in [3.8, 4) is 0 Å². The second-order valence-electron chi connectivity index (χ2n) is 5.31. The smallest absolute Gasteiger partial charge is 0.322 e. The quantitative estimate of drug-likeness (QED) is 0.659. The van der Waals surface area contributed by atoms with Gasteiger partial charge >= 0.3 is 5.97 Å². The summed E-state index contributed by atoms with van der Waals surface area (Å²) in [7, 11) is 5.53. The Morgan fingerprint density at radius 2 is 2.00 bits per heavy atom. The van der Waals surface area contributed by atoms with Crippen molar-refractivity contribution in [2.75, 3.05) is 27.7 Å². The fraction of sp³-hybridized carbons (Fsp3) is 0.923. The third-order valence-electron chi connectivity index (χ3n) is 3.32. The Morgan fingerprint density at radius 3 is 2.41 bits per heavy atom. The van der Waals surface area contributed by atoms with Gasteiger partial charge in [-0.15, -0.1) is 0 Å². The van der Waals surface area contributed by atoms with E-state index in [9.17, 15) is 4.79 Å². The van der Waals surface area contributed by atoms with Crippen LogP contribution in [0.5, 0.6) is 0 Å². The maximum absolute atomic E-state index is 11.6. The van der Waals surface area contributed by atoms with Crippen LogP contribution in [0.2, 0.25) is 0 Å². The van der Waals surface area contributed by atoms with E-state index in [-0.39, 0.29) is 17.6 Å². The van der Waals surface area contributed by atoms with Crippen LogP contribution in [0.15, 0.2) is 0 Å². The van der Waals surface area contributed by atoms with Gasteiger partial charge in [-0.1, -0.05) is 19.8 Å². The van der Waals surface area contributed by atoms with Gasteiger partial charge in [0.05, 0.1) is 7.11 Å². The molecule has 1 atom stereocenters. The minimum absolute atomic E-state index is 0.0263. The molecule has 0 aliphatic heterocycles. The van der Waals surface area contributed by atoms with Gasteiger partial charge in [0.15, 0.2) is 0 Å². The average Bonchev–Trinajstić information content (AvgIpc) is 2.28. The SMILES string of the molecule is CCCCC(NCC(C)(C)N(C)C)C(=O)OC. The molecule has 0 fully saturated rings. The number of hydrogen-bond donors (Lipinski definition) is 1. The largest absolute Gasteiger partial charge is 0.468 e. The van der Waals surface area contributed by atoms with E-state index in [0.717, 1.165) is 25.8 Å². The summed E-state index contributed by atoms with van der Waals surface area (Å²) >= 11 is 0. The van der Waals surface area contributed by atoms with Gasteiger partial charge in [0, 0.05) is 12.1 Å². The highest BCUT2D eigenvalue weighted by Crippen LogP contribution is 2.10. The van der Waals surface area contributed by atoms with Crippen LogP contribution in [0.1, 0.15) is 40.0 Å². The minimum atomic E-state index is -0.181. The number of esters is 1. The first-order valence-corrected chi connectivity index (χ1v) is 6.33. The average molecular weight is 244 g/mol. The summed E-state index contributed by atoms with van der Waals surface area (Å²) in [5.41, 5.74) is 0.0263. The molecule has 4 nitrogen and oxygen atoms in total. The number of ether oxygens (including phenoxy) is 1. The number of carbonyl (C=O) groups excluding carboxylic acids is 1. The number of rotatable bonds is 8. The maximum Gasteiger partial charge on any atom is 0.322 e. The Balaban J connectivity index is 4.29. The number of unbranched alkanes of at least 4 members (excludes halogenated alkanes) is 1. The van der Waals surface area contributed by atoms with Crippen molar-refractivity contribution in [1.82, 2.24) is 10.2 Å². The van der Waals surface area contributed by atoms with E-state index in [0.29, 0.717) is 0 Å². The van der Waals surface area contributed by atoms with Gasteiger partial charge in [0.1, 0.15) is 6.04 Å². The topological polar surface area (TPSA) is 41.6 Å². The number of nitrogens with one attached hydrogen (secondary N) is 1. The summed E-state index contributed by atoms with van der Waals surface area (Å²) < 4.78 is 4.82. The highest BCUT2D eigenvalue weighted by molar-refractivity contribution is 5.75. The van der Waals surface area contributed by atoms with Gasteiger partial charge in [-0.05, 0) is 34.4 Å². The predicted molar refractivity (Wildman–Crippen MR) is 71.1 cm³/mol. The molecule has 0 aromatic carbocycles. The van der Waals surface area contributed by atoms with Gasteiger partial charge in [-0.2, -0.15) is 0 Å². The second kappa shape index (κ2) is 7.67. The Labute approximate surface area is 106 Å².